The highest BCUT2D eigenvalue weighted by Gasteiger charge is 2.24. The Morgan fingerprint density at radius 2 is 2.11 bits per heavy atom. The van der Waals surface area contributed by atoms with Crippen LogP contribution in [0.2, 0.25) is 0 Å². The number of fused-ring (bicyclic) bond motifs is 1. The topological polar surface area (TPSA) is 99.9 Å². The highest BCUT2D eigenvalue weighted by Crippen LogP contribution is 2.38. The van der Waals surface area contributed by atoms with Gasteiger partial charge in [-0.15, -0.1) is 0 Å². The lowest BCUT2D eigenvalue weighted by atomic mass is 10.1. The predicted molar refractivity (Wildman–Crippen MR) is 99.0 cm³/mol. The minimum absolute atomic E-state index is 0.0599. The van der Waals surface area contributed by atoms with Gasteiger partial charge in [-0.05, 0) is 32.0 Å². The van der Waals surface area contributed by atoms with Crippen LogP contribution in [0, 0.1) is 10.1 Å². The second-order valence-electron chi connectivity index (χ2n) is 6.12. The number of amides is 1. The lowest BCUT2D eigenvalue weighted by Gasteiger charge is -2.14. The van der Waals surface area contributed by atoms with E-state index in [-0.39, 0.29) is 23.1 Å². The van der Waals surface area contributed by atoms with Gasteiger partial charge < -0.3 is 19.5 Å². The molecule has 1 aliphatic heterocycles. The summed E-state index contributed by atoms with van der Waals surface area (Å²) in [5.41, 5.74) is 1.33. The van der Waals surface area contributed by atoms with Crippen LogP contribution < -0.4 is 19.5 Å². The fourth-order valence-electron chi connectivity index (χ4n) is 2.98. The normalized spacial score (nSPS) is 14.9. The SMILES string of the molecule is CCOc1cc2c(cc1NC(=O)c1ccc(OC)c([N+](=O)[O-])c1)O[C@H](C)C2. The maximum Gasteiger partial charge on any atom is 0.311 e. The van der Waals surface area contributed by atoms with Crippen molar-refractivity contribution in [3.05, 3.63) is 51.6 Å². The number of nitro benzene ring substituents is 1. The third kappa shape index (κ3) is 3.79. The lowest BCUT2D eigenvalue weighted by Crippen LogP contribution is -2.13. The molecule has 2 aromatic carbocycles. The van der Waals surface area contributed by atoms with Crippen molar-refractivity contribution in [1.82, 2.24) is 0 Å². The van der Waals surface area contributed by atoms with Crippen LogP contribution >= 0.6 is 0 Å². The first-order valence-corrected chi connectivity index (χ1v) is 8.53. The van der Waals surface area contributed by atoms with E-state index in [2.05, 4.69) is 5.32 Å². The standard InChI is InChI=1S/C19H20N2O6/c1-4-26-18-9-13-7-11(2)27-17(13)10-14(18)20-19(22)12-5-6-16(25-3)15(8-12)21(23)24/h5-6,8-11H,4,7H2,1-3H3,(H,20,22)/t11-/m1/s1. The fourth-order valence-corrected chi connectivity index (χ4v) is 2.98. The number of methoxy groups -OCH3 is 1. The number of carbonyl (C=O) groups is 1. The molecule has 0 bridgehead atoms. The minimum atomic E-state index is -0.591. The molecule has 0 aromatic heterocycles. The van der Waals surface area contributed by atoms with Crippen LogP contribution in [0.25, 0.3) is 0 Å². The summed E-state index contributed by atoms with van der Waals surface area (Å²) >= 11 is 0. The van der Waals surface area contributed by atoms with E-state index in [1.54, 1.807) is 6.07 Å². The van der Waals surface area contributed by atoms with Crippen LogP contribution in [0.4, 0.5) is 11.4 Å². The maximum absolute atomic E-state index is 12.6. The van der Waals surface area contributed by atoms with Crippen molar-refractivity contribution in [2.45, 2.75) is 26.4 Å². The summed E-state index contributed by atoms with van der Waals surface area (Å²) in [5, 5.41) is 13.9. The van der Waals surface area contributed by atoms with Crippen molar-refractivity contribution in [2.75, 3.05) is 19.0 Å². The molecule has 3 rings (SSSR count). The Balaban J connectivity index is 1.91. The quantitative estimate of drug-likeness (QED) is 0.614. The largest absolute Gasteiger partial charge is 0.492 e. The van der Waals surface area contributed by atoms with Crippen molar-refractivity contribution >= 4 is 17.3 Å². The van der Waals surface area contributed by atoms with E-state index in [4.69, 9.17) is 14.2 Å². The van der Waals surface area contributed by atoms with Gasteiger partial charge in [0.15, 0.2) is 5.75 Å². The summed E-state index contributed by atoms with van der Waals surface area (Å²) in [5.74, 6) is 0.825. The molecule has 8 nitrogen and oxygen atoms in total. The minimum Gasteiger partial charge on any atom is -0.492 e. The van der Waals surface area contributed by atoms with Crippen LogP contribution in [0.1, 0.15) is 29.8 Å². The molecular weight excluding hydrogens is 352 g/mol. The number of nitrogens with zero attached hydrogens (tertiary/aromatic N) is 1. The van der Waals surface area contributed by atoms with E-state index in [1.807, 2.05) is 19.9 Å². The van der Waals surface area contributed by atoms with Crippen molar-refractivity contribution in [3.8, 4) is 17.2 Å². The monoisotopic (exact) mass is 372 g/mol. The van der Waals surface area contributed by atoms with Gasteiger partial charge in [0.25, 0.3) is 5.91 Å². The third-order valence-electron chi connectivity index (χ3n) is 4.18. The van der Waals surface area contributed by atoms with E-state index in [0.717, 1.165) is 12.0 Å². The molecule has 1 atom stereocenters. The van der Waals surface area contributed by atoms with E-state index >= 15 is 0 Å². The van der Waals surface area contributed by atoms with Gasteiger partial charge >= 0.3 is 5.69 Å². The van der Waals surface area contributed by atoms with Gasteiger partial charge in [0.1, 0.15) is 17.6 Å². The summed E-state index contributed by atoms with van der Waals surface area (Å²) in [6.07, 6.45) is 0.832. The summed E-state index contributed by atoms with van der Waals surface area (Å²) in [6.45, 7) is 4.26. The molecule has 0 spiro atoms. The molecule has 0 fully saturated rings. The summed E-state index contributed by atoms with van der Waals surface area (Å²) in [6, 6.07) is 7.62. The first-order valence-electron chi connectivity index (χ1n) is 8.53. The molecule has 0 unspecified atom stereocenters. The van der Waals surface area contributed by atoms with Gasteiger partial charge in [0.2, 0.25) is 0 Å². The van der Waals surface area contributed by atoms with E-state index in [9.17, 15) is 14.9 Å². The Kier molecular flexibility index (Phi) is 5.16. The molecule has 1 heterocycles. The predicted octanol–water partition coefficient (Wildman–Crippen LogP) is 3.58. The number of carbonyl (C=O) groups excluding carboxylic acids is 1. The number of hydrogen-bond donors (Lipinski definition) is 1. The third-order valence-corrected chi connectivity index (χ3v) is 4.18. The highest BCUT2D eigenvalue weighted by atomic mass is 16.6. The fraction of sp³-hybridized carbons (Fsp3) is 0.316. The molecule has 1 N–H and O–H groups in total. The van der Waals surface area contributed by atoms with E-state index in [1.165, 1.54) is 25.3 Å². The van der Waals surface area contributed by atoms with Gasteiger partial charge in [-0.2, -0.15) is 0 Å². The van der Waals surface area contributed by atoms with Gasteiger partial charge in [0, 0.05) is 29.7 Å². The second kappa shape index (κ2) is 7.53. The molecule has 2 aromatic rings. The second-order valence-corrected chi connectivity index (χ2v) is 6.12. The van der Waals surface area contributed by atoms with Crippen LogP contribution in [0.5, 0.6) is 17.2 Å². The van der Waals surface area contributed by atoms with E-state index in [0.29, 0.717) is 23.8 Å². The summed E-state index contributed by atoms with van der Waals surface area (Å²) < 4.78 is 16.3. The van der Waals surface area contributed by atoms with Gasteiger partial charge in [-0.25, -0.2) is 0 Å². The first-order chi connectivity index (χ1) is 12.9. The molecule has 0 saturated heterocycles. The smallest absolute Gasteiger partial charge is 0.311 e. The Morgan fingerprint density at radius 3 is 2.78 bits per heavy atom. The average molecular weight is 372 g/mol. The zero-order chi connectivity index (χ0) is 19.6. The molecule has 1 amide bonds. The Bertz CT molecular complexity index is 896. The number of anilines is 1. The molecule has 1 aliphatic rings. The zero-order valence-corrected chi connectivity index (χ0v) is 15.3. The zero-order valence-electron chi connectivity index (χ0n) is 15.3. The summed E-state index contributed by atoms with van der Waals surface area (Å²) in [7, 11) is 1.34. The van der Waals surface area contributed by atoms with Crippen molar-refractivity contribution in [3.63, 3.8) is 0 Å². The number of hydrogen-bond acceptors (Lipinski definition) is 6. The molecule has 142 valence electrons. The highest BCUT2D eigenvalue weighted by molar-refractivity contribution is 6.05. The Morgan fingerprint density at radius 1 is 1.33 bits per heavy atom. The Labute approximate surface area is 156 Å². The van der Waals surface area contributed by atoms with E-state index < -0.39 is 10.8 Å². The lowest BCUT2D eigenvalue weighted by molar-refractivity contribution is -0.385. The number of rotatable bonds is 6. The number of nitrogens with one attached hydrogen (secondary N) is 1. The molecule has 27 heavy (non-hydrogen) atoms. The average Bonchev–Trinajstić information content (AvgIpc) is 3.00. The van der Waals surface area contributed by atoms with Crippen molar-refractivity contribution in [2.24, 2.45) is 0 Å². The van der Waals surface area contributed by atoms with Gasteiger partial charge in [-0.3, -0.25) is 14.9 Å². The van der Waals surface area contributed by atoms with Crippen LogP contribution in [-0.4, -0.2) is 30.7 Å². The van der Waals surface area contributed by atoms with Crippen LogP contribution in [-0.2, 0) is 6.42 Å². The summed E-state index contributed by atoms with van der Waals surface area (Å²) in [4.78, 5) is 23.2. The van der Waals surface area contributed by atoms with Crippen LogP contribution in [0.3, 0.4) is 0 Å². The van der Waals surface area contributed by atoms with Gasteiger partial charge in [-0.1, -0.05) is 0 Å². The molecule has 0 radical (unpaired) electrons. The molecular formula is C19H20N2O6. The molecule has 0 saturated carbocycles. The number of nitro groups is 1. The van der Waals surface area contributed by atoms with Crippen LogP contribution in [0.15, 0.2) is 30.3 Å². The van der Waals surface area contributed by atoms with Gasteiger partial charge in [0.05, 0.1) is 24.3 Å². The molecule has 0 aliphatic carbocycles. The van der Waals surface area contributed by atoms with Crippen molar-refractivity contribution < 1.29 is 23.9 Å². The Hall–Kier alpha value is -3.29. The molecule has 8 heteroatoms. The first kappa shape index (κ1) is 18.5. The number of benzene rings is 2. The van der Waals surface area contributed by atoms with Crippen molar-refractivity contribution in [1.29, 1.82) is 0 Å². The maximum atomic E-state index is 12.6. The number of ether oxygens (including phenoxy) is 3.